The van der Waals surface area contributed by atoms with Crippen molar-refractivity contribution in [3.8, 4) is 0 Å². The van der Waals surface area contributed by atoms with E-state index in [0.717, 1.165) is 51.5 Å². The third-order valence-electron chi connectivity index (χ3n) is 4.00. The lowest BCUT2D eigenvalue weighted by Crippen LogP contribution is -2.38. The van der Waals surface area contributed by atoms with Crippen molar-refractivity contribution in [3.63, 3.8) is 0 Å². The molecule has 2 aromatic carbocycles. The Balaban J connectivity index is 1.73. The summed E-state index contributed by atoms with van der Waals surface area (Å²) in [5.41, 5.74) is 1.37. The molecule has 0 aliphatic heterocycles. The highest BCUT2D eigenvalue weighted by Crippen LogP contribution is 2.18. The van der Waals surface area contributed by atoms with Crippen molar-refractivity contribution >= 4 is 16.7 Å². The van der Waals surface area contributed by atoms with Crippen LogP contribution in [0.2, 0.25) is 0 Å². The summed E-state index contributed by atoms with van der Waals surface area (Å²) in [6.45, 7) is 5.45. The Morgan fingerprint density at radius 3 is 2.62 bits per heavy atom. The molecule has 0 aliphatic rings. The van der Waals surface area contributed by atoms with Crippen LogP contribution in [0.1, 0.15) is 25.3 Å². The third-order valence-corrected chi connectivity index (χ3v) is 4.00. The van der Waals surface area contributed by atoms with Crippen LogP contribution in [0.4, 0.5) is 0 Å². The van der Waals surface area contributed by atoms with E-state index < -0.39 is 0 Å². The van der Waals surface area contributed by atoms with Crippen molar-refractivity contribution < 1.29 is 4.74 Å². The van der Waals surface area contributed by atoms with E-state index in [1.54, 1.807) is 0 Å². The highest BCUT2D eigenvalue weighted by atomic mass is 16.5. The van der Waals surface area contributed by atoms with Gasteiger partial charge < -0.3 is 15.4 Å². The summed E-state index contributed by atoms with van der Waals surface area (Å²) >= 11 is 0. The van der Waals surface area contributed by atoms with Crippen molar-refractivity contribution in [3.05, 3.63) is 48.0 Å². The number of nitrogens with one attached hydrogen (secondary N) is 2. The Morgan fingerprint density at radius 1 is 1.00 bits per heavy atom. The lowest BCUT2D eigenvalue weighted by atomic mass is 10.0. The zero-order chi connectivity index (χ0) is 17.0. The van der Waals surface area contributed by atoms with Crippen molar-refractivity contribution in [2.75, 3.05) is 33.4 Å². The van der Waals surface area contributed by atoms with Gasteiger partial charge in [-0.25, -0.2) is 0 Å². The predicted octanol–water partition coefficient (Wildman–Crippen LogP) is 3.36. The van der Waals surface area contributed by atoms with Gasteiger partial charge in [-0.1, -0.05) is 42.5 Å². The Bertz CT molecular complexity index is 634. The molecular formula is C20H29N3O. The fourth-order valence-electron chi connectivity index (χ4n) is 2.73. The molecule has 0 amide bonds. The molecule has 4 nitrogen and oxygen atoms in total. The van der Waals surface area contributed by atoms with Gasteiger partial charge in [-0.05, 0) is 42.5 Å². The van der Waals surface area contributed by atoms with Crippen molar-refractivity contribution in [2.45, 2.75) is 26.2 Å². The minimum Gasteiger partial charge on any atom is -0.382 e. The minimum atomic E-state index is 0.796. The molecule has 0 aromatic heterocycles. The summed E-state index contributed by atoms with van der Waals surface area (Å²) in [5, 5.41) is 9.38. The predicted molar refractivity (Wildman–Crippen MR) is 103 cm³/mol. The molecule has 0 radical (unpaired) electrons. The maximum Gasteiger partial charge on any atom is 0.190 e. The molecule has 2 rings (SSSR count). The molecule has 0 aliphatic carbocycles. The first kappa shape index (κ1) is 18.3. The highest BCUT2D eigenvalue weighted by molar-refractivity contribution is 5.85. The van der Waals surface area contributed by atoms with Crippen LogP contribution in [-0.4, -0.2) is 39.3 Å². The van der Waals surface area contributed by atoms with Gasteiger partial charge in [0.15, 0.2) is 5.96 Å². The van der Waals surface area contributed by atoms with Crippen LogP contribution in [0.15, 0.2) is 47.5 Å². The van der Waals surface area contributed by atoms with E-state index in [1.165, 1.54) is 16.3 Å². The van der Waals surface area contributed by atoms with Crippen LogP contribution in [0, 0.1) is 0 Å². The van der Waals surface area contributed by atoms with Crippen LogP contribution in [0.25, 0.3) is 10.8 Å². The monoisotopic (exact) mass is 327 g/mol. The van der Waals surface area contributed by atoms with Crippen molar-refractivity contribution in [1.29, 1.82) is 0 Å². The largest absolute Gasteiger partial charge is 0.382 e. The zero-order valence-corrected chi connectivity index (χ0v) is 14.8. The zero-order valence-electron chi connectivity index (χ0n) is 14.8. The van der Waals surface area contributed by atoms with Gasteiger partial charge in [-0.2, -0.15) is 0 Å². The first-order valence-corrected chi connectivity index (χ1v) is 8.84. The Kier molecular flexibility index (Phi) is 8.11. The van der Waals surface area contributed by atoms with Crippen LogP contribution in [-0.2, 0) is 11.2 Å². The molecule has 0 saturated heterocycles. The smallest absolute Gasteiger partial charge is 0.190 e. The second kappa shape index (κ2) is 10.7. The van der Waals surface area contributed by atoms with Gasteiger partial charge in [-0.3, -0.25) is 4.99 Å². The number of unbranched alkanes of at least 4 members (excludes halogenated alkanes) is 1. The lowest BCUT2D eigenvalue weighted by molar-refractivity contribution is 0.143. The molecule has 2 aromatic rings. The standard InChI is InChI=1S/C20H29N3O/c1-3-24-16-7-6-14-22-20(21-2)23-15-13-18-11-8-10-17-9-4-5-12-19(17)18/h4-5,8-12H,3,6-7,13-16H2,1-2H3,(H2,21,22,23). The normalized spacial score (nSPS) is 11.7. The Labute approximate surface area is 145 Å². The molecule has 4 heteroatoms. The summed E-state index contributed by atoms with van der Waals surface area (Å²) in [5.74, 6) is 0.867. The Hall–Kier alpha value is -2.07. The number of benzene rings is 2. The quantitative estimate of drug-likeness (QED) is 0.422. The second-order valence-corrected chi connectivity index (χ2v) is 5.72. The van der Waals surface area contributed by atoms with E-state index in [-0.39, 0.29) is 0 Å². The minimum absolute atomic E-state index is 0.796. The topological polar surface area (TPSA) is 45.6 Å². The molecule has 0 fully saturated rings. The molecule has 0 heterocycles. The first-order valence-electron chi connectivity index (χ1n) is 8.84. The van der Waals surface area contributed by atoms with E-state index >= 15 is 0 Å². The summed E-state index contributed by atoms with van der Waals surface area (Å²) in [4.78, 5) is 4.28. The molecule has 24 heavy (non-hydrogen) atoms. The number of rotatable bonds is 9. The van der Waals surface area contributed by atoms with Crippen LogP contribution in [0.5, 0.6) is 0 Å². The van der Waals surface area contributed by atoms with Gasteiger partial charge in [0.2, 0.25) is 0 Å². The van der Waals surface area contributed by atoms with E-state index in [0.29, 0.717) is 0 Å². The summed E-state index contributed by atoms with van der Waals surface area (Å²) < 4.78 is 5.34. The fraction of sp³-hybridized carbons (Fsp3) is 0.450. The van der Waals surface area contributed by atoms with Gasteiger partial charge in [0.05, 0.1) is 0 Å². The number of nitrogens with zero attached hydrogens (tertiary/aromatic N) is 1. The molecule has 130 valence electrons. The number of guanidine groups is 1. The Morgan fingerprint density at radius 2 is 1.79 bits per heavy atom. The van der Waals surface area contributed by atoms with Crippen LogP contribution >= 0.6 is 0 Å². The van der Waals surface area contributed by atoms with Gasteiger partial charge in [0.1, 0.15) is 0 Å². The molecule has 0 saturated carbocycles. The van der Waals surface area contributed by atoms with E-state index in [2.05, 4.69) is 58.1 Å². The molecule has 0 spiro atoms. The molecule has 0 unspecified atom stereocenters. The summed E-state index contributed by atoms with van der Waals surface area (Å²) in [6, 6.07) is 15.0. The van der Waals surface area contributed by atoms with E-state index in [1.807, 2.05) is 14.0 Å². The van der Waals surface area contributed by atoms with Crippen LogP contribution < -0.4 is 10.6 Å². The maximum absolute atomic E-state index is 5.34. The molecule has 0 atom stereocenters. The molecule has 2 N–H and O–H groups in total. The van der Waals surface area contributed by atoms with E-state index in [9.17, 15) is 0 Å². The highest BCUT2D eigenvalue weighted by Gasteiger charge is 2.01. The number of aliphatic imine (C=N–C) groups is 1. The van der Waals surface area contributed by atoms with Crippen LogP contribution in [0.3, 0.4) is 0 Å². The summed E-state index contributed by atoms with van der Waals surface area (Å²) in [6.07, 6.45) is 3.14. The number of hydrogen-bond donors (Lipinski definition) is 2. The van der Waals surface area contributed by atoms with Gasteiger partial charge in [0.25, 0.3) is 0 Å². The van der Waals surface area contributed by atoms with Crippen molar-refractivity contribution in [2.24, 2.45) is 4.99 Å². The lowest BCUT2D eigenvalue weighted by Gasteiger charge is -2.12. The average Bonchev–Trinajstić information content (AvgIpc) is 2.63. The van der Waals surface area contributed by atoms with Crippen molar-refractivity contribution in [1.82, 2.24) is 10.6 Å². The number of hydrogen-bond acceptors (Lipinski definition) is 2. The van der Waals surface area contributed by atoms with E-state index in [4.69, 9.17) is 4.74 Å². The summed E-state index contributed by atoms with van der Waals surface area (Å²) in [7, 11) is 1.81. The first-order chi connectivity index (χ1) is 11.8. The fourth-order valence-corrected chi connectivity index (χ4v) is 2.73. The SMILES string of the molecule is CCOCCCCNC(=NC)NCCc1cccc2ccccc12. The van der Waals surface area contributed by atoms with Gasteiger partial charge >= 0.3 is 0 Å². The number of ether oxygens (including phenoxy) is 1. The average molecular weight is 327 g/mol. The maximum atomic E-state index is 5.34. The van der Waals surface area contributed by atoms with Gasteiger partial charge in [0, 0.05) is 33.4 Å². The second-order valence-electron chi connectivity index (χ2n) is 5.72. The molecular weight excluding hydrogens is 298 g/mol. The molecule has 0 bridgehead atoms. The van der Waals surface area contributed by atoms with Gasteiger partial charge in [-0.15, -0.1) is 0 Å². The number of fused-ring (bicyclic) bond motifs is 1. The third kappa shape index (κ3) is 5.85.